The Labute approximate surface area is 252 Å². The molecule has 10 heteroatoms. The molecule has 0 unspecified atom stereocenters. The number of hydrogen-bond donors (Lipinski definition) is 0. The van der Waals surface area contributed by atoms with Crippen LogP contribution in [0.4, 0.5) is 13.2 Å². The van der Waals surface area contributed by atoms with Crippen LogP contribution in [0.15, 0.2) is 61.3 Å². The van der Waals surface area contributed by atoms with E-state index >= 15 is 0 Å². The first-order valence-corrected chi connectivity index (χ1v) is 15.8. The van der Waals surface area contributed by atoms with Crippen LogP contribution in [0.3, 0.4) is 0 Å². The highest BCUT2D eigenvalue weighted by atomic mass is 79.9. The summed E-state index contributed by atoms with van der Waals surface area (Å²) in [6.07, 6.45) is 3.29. The number of rotatable bonds is 7. The van der Waals surface area contributed by atoms with Gasteiger partial charge in [-0.2, -0.15) is 13.2 Å². The first-order valence-electron chi connectivity index (χ1n) is 13.8. The molecular weight excluding hydrogens is 615 g/mol. The number of carbonyl (C=O) groups excluding carboxylic acids is 1. The molecule has 1 spiro atoms. The summed E-state index contributed by atoms with van der Waals surface area (Å²) in [5.41, 5.74) is 0.749. The maximum Gasteiger partial charge on any atom is 0.417 e. The fourth-order valence-electron chi connectivity index (χ4n) is 5.38. The first-order chi connectivity index (χ1) is 19.5. The molecule has 2 aromatic carbocycles. The van der Waals surface area contributed by atoms with Crippen molar-refractivity contribution in [1.29, 1.82) is 0 Å². The molecule has 0 N–H and O–H groups in total. The molecule has 1 aliphatic carbocycles. The highest BCUT2D eigenvalue weighted by Gasteiger charge is 2.49. The molecule has 0 saturated heterocycles. The fourth-order valence-corrected chi connectivity index (χ4v) is 6.14. The number of hydrogen-bond acceptors (Lipinski definition) is 5. The molecule has 0 atom stereocenters. The van der Waals surface area contributed by atoms with E-state index in [4.69, 9.17) is 9.52 Å². The van der Waals surface area contributed by atoms with Gasteiger partial charge in [-0.3, -0.25) is 14.7 Å². The Morgan fingerprint density at radius 1 is 1.10 bits per heavy atom. The lowest BCUT2D eigenvalue weighted by molar-refractivity contribution is -0.137. The zero-order valence-electron chi connectivity index (χ0n) is 23.8. The predicted octanol–water partition coefficient (Wildman–Crippen LogP) is 9.39. The van der Waals surface area contributed by atoms with Crippen molar-refractivity contribution in [3.8, 4) is 11.1 Å². The minimum absolute atomic E-state index is 0.0449. The summed E-state index contributed by atoms with van der Waals surface area (Å²) in [5.74, 6) is 1.52. The number of unbranched alkanes of at least 4 members (excludes halogenated alkanes) is 1. The second kappa shape index (κ2) is 13.2. The number of aromatic nitrogens is 1. The van der Waals surface area contributed by atoms with Gasteiger partial charge in [0.05, 0.1) is 22.3 Å². The average molecular weight is 651 g/mol. The maximum absolute atomic E-state index is 14.1. The minimum atomic E-state index is -4.50. The van der Waals surface area contributed by atoms with Gasteiger partial charge < -0.3 is 4.52 Å². The molecule has 1 fully saturated rings. The molecule has 41 heavy (non-hydrogen) atoms. The first kappa shape index (κ1) is 31.3. The number of alkyl halides is 3. The van der Waals surface area contributed by atoms with Gasteiger partial charge in [-0.15, -0.1) is 11.8 Å². The fraction of sp³-hybridized carbons (Fsp3) is 0.452. The number of benzene rings is 2. The lowest BCUT2D eigenvalue weighted by atomic mass is 9.96. The number of aliphatic imine (C=N–C) groups is 1. The van der Waals surface area contributed by atoms with Gasteiger partial charge in [-0.1, -0.05) is 61.7 Å². The number of nitrogens with zero attached hydrogens (tertiary/aromatic N) is 3. The Hall–Kier alpha value is -2.59. The van der Waals surface area contributed by atoms with E-state index in [0.29, 0.717) is 17.5 Å². The third kappa shape index (κ3) is 6.91. The standard InChI is InChI=1S/C26H29F3N2OS.C5H6BrNO/c1-3-4-11-23-30-25(14-7-8-15-25)24(32)31(23)17-18-12-13-19(21(16-18)26(27,28)29)20-9-5-6-10-22(20)33-2;1-3-5(6)4(2)8-7-3/h5-6,9-10,12-13,16H,3-4,7-8,11,14-15,17H2,1-2H3;1-2H3. The maximum atomic E-state index is 14.1. The normalized spacial score (nSPS) is 16.2. The van der Waals surface area contributed by atoms with Crippen LogP contribution in [0.1, 0.15) is 74.5 Å². The van der Waals surface area contributed by atoms with Crippen LogP contribution in [-0.4, -0.2) is 33.6 Å². The molecule has 0 bridgehead atoms. The third-order valence-corrected chi connectivity index (χ3v) is 9.48. The van der Waals surface area contributed by atoms with Gasteiger partial charge in [0.1, 0.15) is 17.1 Å². The van der Waals surface area contributed by atoms with Gasteiger partial charge in [-0.25, -0.2) is 0 Å². The van der Waals surface area contributed by atoms with Gasteiger partial charge in [0.25, 0.3) is 5.91 Å². The van der Waals surface area contributed by atoms with Crippen molar-refractivity contribution in [3.05, 3.63) is 69.5 Å². The number of amides is 1. The molecule has 1 amide bonds. The van der Waals surface area contributed by atoms with Gasteiger partial charge >= 0.3 is 6.18 Å². The molecule has 220 valence electrons. The lowest BCUT2D eigenvalue weighted by Gasteiger charge is -2.24. The van der Waals surface area contributed by atoms with Crippen molar-refractivity contribution >= 4 is 39.4 Å². The zero-order chi connectivity index (χ0) is 29.8. The van der Waals surface area contributed by atoms with Crippen LogP contribution < -0.4 is 0 Å². The Morgan fingerprint density at radius 2 is 1.80 bits per heavy atom. The van der Waals surface area contributed by atoms with Crippen LogP contribution in [0.5, 0.6) is 0 Å². The Kier molecular flexibility index (Phi) is 10.1. The number of halogens is 4. The van der Waals surface area contributed by atoms with Crippen molar-refractivity contribution in [1.82, 2.24) is 10.1 Å². The Morgan fingerprint density at radius 3 is 2.37 bits per heavy atom. The Bertz CT molecular complexity index is 1390. The molecule has 1 aromatic heterocycles. The van der Waals surface area contributed by atoms with Gasteiger partial charge in [0.2, 0.25) is 0 Å². The smallest absolute Gasteiger partial charge is 0.360 e. The van der Waals surface area contributed by atoms with Crippen LogP contribution in [0, 0.1) is 13.8 Å². The van der Waals surface area contributed by atoms with E-state index in [0.717, 1.165) is 65.2 Å². The molecule has 2 aliphatic rings. The highest BCUT2D eigenvalue weighted by molar-refractivity contribution is 9.10. The zero-order valence-corrected chi connectivity index (χ0v) is 26.2. The number of amidine groups is 1. The van der Waals surface area contributed by atoms with Crippen LogP contribution in [0.2, 0.25) is 0 Å². The Balaban J connectivity index is 0.000000417. The highest BCUT2D eigenvalue weighted by Crippen LogP contribution is 2.42. The monoisotopic (exact) mass is 649 g/mol. The van der Waals surface area contributed by atoms with Crippen LogP contribution >= 0.6 is 27.7 Å². The number of carbonyl (C=O) groups is 1. The van der Waals surface area contributed by atoms with E-state index in [2.05, 4.69) is 28.0 Å². The summed E-state index contributed by atoms with van der Waals surface area (Å²) in [6, 6.07) is 11.6. The molecule has 3 aromatic rings. The summed E-state index contributed by atoms with van der Waals surface area (Å²) >= 11 is 4.72. The van der Waals surface area contributed by atoms with Gasteiger partial charge in [-0.05, 0) is 84.1 Å². The van der Waals surface area contributed by atoms with Crippen LogP contribution in [0.25, 0.3) is 11.1 Å². The molecule has 5 rings (SSSR count). The molecule has 5 nitrogen and oxygen atoms in total. The third-order valence-electron chi connectivity index (χ3n) is 7.56. The largest absolute Gasteiger partial charge is 0.417 e. The molecule has 0 radical (unpaired) electrons. The lowest BCUT2D eigenvalue weighted by Crippen LogP contribution is -2.40. The van der Waals surface area contributed by atoms with E-state index in [9.17, 15) is 18.0 Å². The summed E-state index contributed by atoms with van der Waals surface area (Å²) in [4.78, 5) is 20.6. The van der Waals surface area contributed by atoms with Gasteiger partial charge in [0, 0.05) is 11.3 Å². The average Bonchev–Trinajstić information content (AvgIpc) is 3.63. The topological polar surface area (TPSA) is 58.7 Å². The molecule has 2 heterocycles. The van der Waals surface area contributed by atoms with E-state index in [-0.39, 0.29) is 18.0 Å². The quantitative estimate of drug-likeness (QED) is 0.239. The molecular formula is C31H35BrF3N3O2S. The van der Waals surface area contributed by atoms with Crippen LogP contribution in [-0.2, 0) is 17.5 Å². The van der Waals surface area contributed by atoms with Crippen molar-refractivity contribution in [2.45, 2.75) is 88.9 Å². The van der Waals surface area contributed by atoms with E-state index in [1.54, 1.807) is 29.2 Å². The predicted molar refractivity (Wildman–Crippen MR) is 161 cm³/mol. The van der Waals surface area contributed by atoms with E-state index in [1.165, 1.54) is 17.8 Å². The van der Waals surface area contributed by atoms with Crippen molar-refractivity contribution in [2.75, 3.05) is 6.26 Å². The minimum Gasteiger partial charge on any atom is -0.360 e. The van der Waals surface area contributed by atoms with Crippen molar-refractivity contribution in [2.24, 2.45) is 4.99 Å². The van der Waals surface area contributed by atoms with E-state index < -0.39 is 17.3 Å². The summed E-state index contributed by atoms with van der Waals surface area (Å²) in [5, 5.41) is 3.69. The molecule has 1 saturated carbocycles. The van der Waals surface area contributed by atoms with Gasteiger partial charge in [0.15, 0.2) is 0 Å². The second-order valence-electron chi connectivity index (χ2n) is 10.5. The number of aryl methyl sites for hydroxylation is 2. The summed E-state index contributed by atoms with van der Waals surface area (Å²) in [6.45, 7) is 5.95. The number of thioether (sulfide) groups is 1. The van der Waals surface area contributed by atoms with E-state index in [1.807, 2.05) is 32.2 Å². The van der Waals surface area contributed by atoms with Crippen molar-refractivity contribution in [3.63, 3.8) is 0 Å². The molecule has 1 aliphatic heterocycles. The SMILES string of the molecule is CCCCC1=NC2(CCCC2)C(=O)N1Cc1ccc(-c2ccccc2SC)c(C(F)(F)F)c1.Cc1noc(C)c1Br. The summed E-state index contributed by atoms with van der Waals surface area (Å²) in [7, 11) is 0. The van der Waals surface area contributed by atoms with Crippen molar-refractivity contribution < 1.29 is 22.5 Å². The second-order valence-corrected chi connectivity index (χ2v) is 12.1. The summed E-state index contributed by atoms with van der Waals surface area (Å²) < 4.78 is 48.1.